The van der Waals surface area contributed by atoms with Gasteiger partial charge in [0.25, 0.3) is 0 Å². The van der Waals surface area contributed by atoms with Gasteiger partial charge in [0.1, 0.15) is 0 Å². The molecule has 23 heavy (non-hydrogen) atoms. The van der Waals surface area contributed by atoms with E-state index in [1.807, 2.05) is 0 Å². The molecule has 7 heteroatoms. The van der Waals surface area contributed by atoms with Gasteiger partial charge in [-0.2, -0.15) is 0 Å². The van der Waals surface area contributed by atoms with Crippen molar-refractivity contribution in [2.45, 2.75) is 6.92 Å². The topological polar surface area (TPSA) is 71.1 Å². The van der Waals surface area contributed by atoms with Crippen LogP contribution in [0.15, 0.2) is 42.6 Å². The molecule has 0 unspecified atom stereocenters. The van der Waals surface area contributed by atoms with Crippen molar-refractivity contribution in [3.8, 4) is 0 Å². The molecule has 2 rings (SSSR count). The summed E-state index contributed by atoms with van der Waals surface area (Å²) >= 11 is 0. The molecule has 0 atom stereocenters. The van der Waals surface area contributed by atoms with E-state index in [1.54, 1.807) is 24.4 Å². The van der Waals surface area contributed by atoms with Crippen molar-refractivity contribution in [3.05, 3.63) is 59.9 Å². The molecule has 0 aliphatic rings. The third-order valence-corrected chi connectivity index (χ3v) is 2.72. The molecule has 0 saturated heterocycles. The lowest BCUT2D eigenvalue weighted by Gasteiger charge is -2.11. The maximum absolute atomic E-state index is 13.3. The molecule has 1 aromatic carbocycles. The summed E-state index contributed by atoms with van der Waals surface area (Å²) in [6.45, 7) is 1.22. The number of benzene rings is 1. The first-order valence-corrected chi connectivity index (χ1v) is 6.62. The molecule has 2 amide bonds. The molecule has 2 N–H and O–H groups in total. The minimum absolute atomic E-state index is 0.0315. The number of hydrogen-bond donors (Lipinski definition) is 2. The van der Waals surface area contributed by atoms with E-state index in [9.17, 15) is 18.4 Å². The lowest BCUT2D eigenvalue weighted by atomic mass is 10.2. The van der Waals surface area contributed by atoms with E-state index in [4.69, 9.17) is 0 Å². The fourth-order valence-electron chi connectivity index (χ4n) is 1.75. The second-order valence-corrected chi connectivity index (χ2v) is 4.57. The van der Waals surface area contributed by atoms with Gasteiger partial charge in [-0.1, -0.05) is 6.07 Å². The van der Waals surface area contributed by atoms with Gasteiger partial charge in [-0.25, -0.2) is 8.78 Å². The molecule has 0 aliphatic heterocycles. The Morgan fingerprint density at radius 2 is 1.74 bits per heavy atom. The second-order valence-electron chi connectivity index (χ2n) is 4.57. The second kappa shape index (κ2) is 7.26. The van der Waals surface area contributed by atoms with Crippen LogP contribution in [0.2, 0.25) is 0 Å². The van der Waals surface area contributed by atoms with E-state index >= 15 is 0 Å². The summed E-state index contributed by atoms with van der Waals surface area (Å²) in [5.74, 6) is -3.32. The molecule has 0 radical (unpaired) electrons. The van der Waals surface area contributed by atoms with Gasteiger partial charge in [-0.15, -0.1) is 0 Å². The fraction of sp³-hybridized carbons (Fsp3) is 0.0625. The summed E-state index contributed by atoms with van der Waals surface area (Å²) in [7, 11) is 0. The van der Waals surface area contributed by atoms with Gasteiger partial charge >= 0.3 is 0 Å². The molecule has 0 saturated carbocycles. The number of amides is 2. The average molecular weight is 317 g/mol. The lowest BCUT2D eigenvalue weighted by Crippen LogP contribution is -2.14. The van der Waals surface area contributed by atoms with E-state index in [1.165, 1.54) is 19.1 Å². The number of anilines is 2. The lowest BCUT2D eigenvalue weighted by molar-refractivity contribution is -0.114. The summed E-state index contributed by atoms with van der Waals surface area (Å²) in [6.07, 6.45) is 4.23. The highest BCUT2D eigenvalue weighted by Gasteiger charge is 2.12. The number of nitrogens with zero attached hydrogens (tertiary/aromatic N) is 1. The summed E-state index contributed by atoms with van der Waals surface area (Å²) in [6, 6.07) is 6.79. The predicted octanol–water partition coefficient (Wildman–Crippen LogP) is 2.97. The van der Waals surface area contributed by atoms with Gasteiger partial charge in [-0.05, 0) is 18.2 Å². The van der Waals surface area contributed by atoms with Crippen LogP contribution in [0.3, 0.4) is 0 Å². The third kappa shape index (κ3) is 4.70. The summed E-state index contributed by atoms with van der Waals surface area (Å²) in [4.78, 5) is 27.0. The Bertz CT molecular complexity index is 761. The van der Waals surface area contributed by atoms with Crippen molar-refractivity contribution in [3.63, 3.8) is 0 Å². The number of halogens is 2. The zero-order valence-electron chi connectivity index (χ0n) is 12.1. The Balaban J connectivity index is 2.18. The van der Waals surface area contributed by atoms with Crippen LogP contribution < -0.4 is 10.6 Å². The number of aromatic nitrogens is 1. The molecule has 5 nitrogen and oxygen atoms in total. The van der Waals surface area contributed by atoms with Crippen LogP contribution in [-0.4, -0.2) is 16.8 Å². The monoisotopic (exact) mass is 317 g/mol. The Morgan fingerprint density at radius 3 is 2.30 bits per heavy atom. The first-order valence-electron chi connectivity index (χ1n) is 6.62. The number of carbonyl (C=O) groups excluding carboxylic acids is 2. The maximum Gasteiger partial charge on any atom is 0.248 e. The number of hydrogen-bond acceptors (Lipinski definition) is 3. The van der Waals surface area contributed by atoms with Gasteiger partial charge in [0.15, 0.2) is 11.6 Å². The van der Waals surface area contributed by atoms with Gasteiger partial charge in [-0.3, -0.25) is 14.6 Å². The minimum atomic E-state index is -1.14. The van der Waals surface area contributed by atoms with Crippen molar-refractivity contribution in [1.29, 1.82) is 0 Å². The van der Waals surface area contributed by atoms with Crippen LogP contribution in [0.4, 0.5) is 20.2 Å². The number of rotatable bonds is 4. The molecule has 0 bridgehead atoms. The molecular weight excluding hydrogens is 304 g/mol. The van der Waals surface area contributed by atoms with Crippen molar-refractivity contribution >= 4 is 29.3 Å². The van der Waals surface area contributed by atoms with Crippen LogP contribution >= 0.6 is 0 Å². The first kappa shape index (κ1) is 16.3. The number of nitrogens with one attached hydrogen (secondary N) is 2. The molecule has 0 fully saturated rings. The molecule has 1 aromatic heterocycles. The van der Waals surface area contributed by atoms with Crippen LogP contribution in [-0.2, 0) is 9.59 Å². The van der Waals surface area contributed by atoms with Crippen LogP contribution in [0, 0.1) is 11.6 Å². The SMILES string of the molecule is CC(=O)Nc1cc(F)c(F)cc1NC(=O)/C=C/c1ccccn1. The fourth-order valence-corrected chi connectivity index (χ4v) is 1.75. The zero-order valence-corrected chi connectivity index (χ0v) is 12.1. The molecule has 1 heterocycles. The number of pyridine rings is 1. The molecule has 118 valence electrons. The molecular formula is C16H13F2N3O2. The van der Waals surface area contributed by atoms with E-state index in [0.29, 0.717) is 5.69 Å². The van der Waals surface area contributed by atoms with Crippen LogP contribution in [0.5, 0.6) is 0 Å². The summed E-state index contributed by atoms with van der Waals surface area (Å²) in [5.41, 5.74) is 0.487. The molecule has 0 spiro atoms. The highest BCUT2D eigenvalue weighted by atomic mass is 19.2. The average Bonchev–Trinajstić information content (AvgIpc) is 2.51. The van der Waals surface area contributed by atoms with Gasteiger partial charge in [0.05, 0.1) is 17.1 Å². The van der Waals surface area contributed by atoms with Crippen molar-refractivity contribution in [2.24, 2.45) is 0 Å². The highest BCUT2D eigenvalue weighted by molar-refractivity contribution is 6.05. The Hall–Kier alpha value is -3.09. The Kier molecular flexibility index (Phi) is 5.14. The Morgan fingerprint density at radius 1 is 1.09 bits per heavy atom. The summed E-state index contributed by atoms with van der Waals surface area (Å²) in [5, 5.41) is 4.70. The minimum Gasteiger partial charge on any atom is -0.324 e. The summed E-state index contributed by atoms with van der Waals surface area (Å²) < 4.78 is 26.6. The van der Waals surface area contributed by atoms with E-state index in [2.05, 4.69) is 15.6 Å². The quantitative estimate of drug-likeness (QED) is 0.852. The van der Waals surface area contributed by atoms with Crippen molar-refractivity contribution in [2.75, 3.05) is 10.6 Å². The number of carbonyl (C=O) groups is 2. The van der Waals surface area contributed by atoms with Crippen LogP contribution in [0.1, 0.15) is 12.6 Å². The predicted molar refractivity (Wildman–Crippen MR) is 82.6 cm³/mol. The van der Waals surface area contributed by atoms with Crippen molar-refractivity contribution in [1.82, 2.24) is 4.98 Å². The van der Waals surface area contributed by atoms with Gasteiger partial charge in [0, 0.05) is 31.3 Å². The zero-order chi connectivity index (χ0) is 16.8. The third-order valence-electron chi connectivity index (χ3n) is 2.72. The van der Waals surface area contributed by atoms with Gasteiger partial charge in [0.2, 0.25) is 11.8 Å². The first-order chi connectivity index (χ1) is 11.0. The smallest absolute Gasteiger partial charge is 0.248 e. The normalized spacial score (nSPS) is 10.6. The van der Waals surface area contributed by atoms with Gasteiger partial charge < -0.3 is 10.6 Å². The van der Waals surface area contributed by atoms with Crippen LogP contribution in [0.25, 0.3) is 6.08 Å². The van der Waals surface area contributed by atoms with E-state index in [0.717, 1.165) is 12.1 Å². The Labute approximate surface area is 131 Å². The molecule has 2 aromatic rings. The van der Waals surface area contributed by atoms with Crippen molar-refractivity contribution < 1.29 is 18.4 Å². The standard InChI is InChI=1S/C16H13F2N3O2/c1-10(22)20-14-8-12(17)13(18)9-15(14)21-16(23)6-5-11-4-2-3-7-19-11/h2-9H,1H3,(H,20,22)(H,21,23)/b6-5+. The highest BCUT2D eigenvalue weighted by Crippen LogP contribution is 2.25. The largest absolute Gasteiger partial charge is 0.324 e. The maximum atomic E-state index is 13.3. The molecule has 0 aliphatic carbocycles. The van der Waals surface area contributed by atoms with E-state index in [-0.39, 0.29) is 11.4 Å². The van der Waals surface area contributed by atoms with E-state index < -0.39 is 23.4 Å².